The van der Waals surface area contributed by atoms with Crippen molar-refractivity contribution in [3.8, 4) is 5.75 Å². The molecule has 2 N–H and O–H groups in total. The van der Waals surface area contributed by atoms with Crippen LogP contribution in [0, 0.1) is 5.41 Å². The van der Waals surface area contributed by atoms with E-state index in [9.17, 15) is 5.11 Å². The maximum absolute atomic E-state index is 9.40. The molecule has 2 nitrogen and oxygen atoms in total. The van der Waals surface area contributed by atoms with Crippen LogP contribution in [0.4, 0.5) is 0 Å². The zero-order valence-electron chi connectivity index (χ0n) is 12.4. The highest BCUT2D eigenvalue weighted by Crippen LogP contribution is 2.37. The average Bonchev–Trinajstić information content (AvgIpc) is 2.38. The van der Waals surface area contributed by atoms with Gasteiger partial charge in [0.15, 0.2) is 0 Å². The van der Waals surface area contributed by atoms with Gasteiger partial charge in [-0.3, -0.25) is 0 Å². The summed E-state index contributed by atoms with van der Waals surface area (Å²) in [5, 5.41) is 13.2. The Hall–Kier alpha value is -1.02. The molecule has 0 amide bonds. The first kappa shape index (κ1) is 14.4. The highest BCUT2D eigenvalue weighted by atomic mass is 16.3. The molecule has 0 spiro atoms. The summed E-state index contributed by atoms with van der Waals surface area (Å²) in [7, 11) is 0. The van der Waals surface area contributed by atoms with E-state index in [1.165, 1.54) is 31.2 Å². The maximum Gasteiger partial charge on any atom is 0.115 e. The molecule has 106 valence electrons. The second kappa shape index (κ2) is 5.96. The van der Waals surface area contributed by atoms with Crippen molar-refractivity contribution in [2.75, 3.05) is 0 Å². The topological polar surface area (TPSA) is 32.3 Å². The predicted molar refractivity (Wildman–Crippen MR) is 80.3 cm³/mol. The first-order chi connectivity index (χ1) is 9.03. The number of nitrogens with one attached hydrogen (secondary N) is 1. The molecule has 1 aliphatic carbocycles. The maximum atomic E-state index is 9.40. The molecule has 1 aromatic rings. The van der Waals surface area contributed by atoms with Gasteiger partial charge in [-0.1, -0.05) is 45.7 Å². The van der Waals surface area contributed by atoms with Crippen LogP contribution in [-0.2, 0) is 0 Å². The van der Waals surface area contributed by atoms with Crippen LogP contribution in [0.2, 0.25) is 0 Å². The number of phenols is 1. The third kappa shape index (κ3) is 3.50. The lowest BCUT2D eigenvalue weighted by Gasteiger charge is -2.41. The van der Waals surface area contributed by atoms with Crippen LogP contribution in [0.25, 0.3) is 0 Å². The molecular formula is C17H27NO. The summed E-state index contributed by atoms with van der Waals surface area (Å²) in [4.78, 5) is 0. The molecule has 19 heavy (non-hydrogen) atoms. The van der Waals surface area contributed by atoms with Crippen LogP contribution in [0.1, 0.15) is 64.5 Å². The lowest BCUT2D eigenvalue weighted by atomic mass is 9.73. The van der Waals surface area contributed by atoms with Crippen LogP contribution < -0.4 is 5.32 Å². The second-order valence-corrected chi connectivity index (χ2v) is 6.51. The van der Waals surface area contributed by atoms with E-state index in [0.717, 1.165) is 6.42 Å². The number of hydrogen-bond acceptors (Lipinski definition) is 2. The van der Waals surface area contributed by atoms with Crippen molar-refractivity contribution in [1.29, 1.82) is 0 Å². The highest BCUT2D eigenvalue weighted by molar-refractivity contribution is 5.28. The van der Waals surface area contributed by atoms with Crippen LogP contribution in [-0.4, -0.2) is 11.1 Å². The van der Waals surface area contributed by atoms with E-state index >= 15 is 0 Å². The lowest BCUT2D eigenvalue weighted by molar-refractivity contribution is 0.154. The van der Waals surface area contributed by atoms with Crippen molar-refractivity contribution in [1.82, 2.24) is 5.32 Å². The number of benzene rings is 1. The molecule has 2 atom stereocenters. The molecule has 2 heteroatoms. The summed E-state index contributed by atoms with van der Waals surface area (Å²) in [6.07, 6.45) is 6.38. The third-order valence-corrected chi connectivity index (χ3v) is 4.61. The molecule has 0 radical (unpaired) electrons. The Morgan fingerprint density at radius 2 is 1.95 bits per heavy atom. The summed E-state index contributed by atoms with van der Waals surface area (Å²) in [5.41, 5.74) is 1.67. The lowest BCUT2D eigenvalue weighted by Crippen LogP contribution is -2.45. The normalized spacial score (nSPS) is 24.1. The number of hydrogen-bond donors (Lipinski definition) is 2. The first-order valence-electron chi connectivity index (χ1n) is 7.58. The summed E-state index contributed by atoms with van der Waals surface area (Å²) >= 11 is 0. The molecule has 1 fully saturated rings. The SMILES string of the molecule is CCC(NC1CCCCC1(C)C)c1ccc(O)cc1. The Morgan fingerprint density at radius 3 is 2.53 bits per heavy atom. The number of aromatic hydroxyl groups is 1. The molecule has 2 rings (SSSR count). The van der Waals surface area contributed by atoms with E-state index in [2.05, 4.69) is 26.1 Å². The molecule has 0 aromatic heterocycles. The van der Waals surface area contributed by atoms with Crippen molar-refractivity contribution in [2.24, 2.45) is 5.41 Å². The zero-order chi connectivity index (χ0) is 13.9. The van der Waals surface area contributed by atoms with E-state index in [4.69, 9.17) is 0 Å². The minimum absolute atomic E-state index is 0.344. The van der Waals surface area contributed by atoms with E-state index < -0.39 is 0 Å². The van der Waals surface area contributed by atoms with Gasteiger partial charge in [0.25, 0.3) is 0 Å². The van der Waals surface area contributed by atoms with Gasteiger partial charge in [-0.2, -0.15) is 0 Å². The van der Waals surface area contributed by atoms with Gasteiger partial charge in [-0.25, -0.2) is 0 Å². The van der Waals surface area contributed by atoms with Crippen molar-refractivity contribution < 1.29 is 5.11 Å². The van der Waals surface area contributed by atoms with Gasteiger partial charge in [-0.15, -0.1) is 0 Å². The molecule has 2 unspecified atom stereocenters. The summed E-state index contributed by atoms with van der Waals surface area (Å²) in [5.74, 6) is 0.344. The Bertz CT molecular complexity index is 396. The summed E-state index contributed by atoms with van der Waals surface area (Å²) < 4.78 is 0. The second-order valence-electron chi connectivity index (χ2n) is 6.51. The van der Waals surface area contributed by atoms with E-state index in [1.807, 2.05) is 12.1 Å². The Kier molecular flexibility index (Phi) is 4.51. The van der Waals surface area contributed by atoms with Gasteiger partial charge in [0.2, 0.25) is 0 Å². The van der Waals surface area contributed by atoms with Gasteiger partial charge in [0.05, 0.1) is 0 Å². The molecular weight excluding hydrogens is 234 g/mol. The van der Waals surface area contributed by atoms with Gasteiger partial charge in [0.1, 0.15) is 5.75 Å². The predicted octanol–water partition coefficient (Wildman–Crippen LogP) is 4.40. The molecule has 0 aliphatic heterocycles. The van der Waals surface area contributed by atoms with Crippen LogP contribution in [0.5, 0.6) is 5.75 Å². The standard InChI is InChI=1S/C17H27NO/c1-4-15(13-8-10-14(19)11-9-13)18-16-7-5-6-12-17(16,2)3/h8-11,15-16,18-19H,4-7,12H2,1-3H3. The largest absolute Gasteiger partial charge is 0.508 e. The molecule has 0 heterocycles. The number of phenolic OH excluding ortho intramolecular Hbond substituents is 1. The fourth-order valence-electron chi connectivity index (χ4n) is 3.20. The first-order valence-corrected chi connectivity index (χ1v) is 7.58. The third-order valence-electron chi connectivity index (χ3n) is 4.61. The van der Waals surface area contributed by atoms with Gasteiger partial charge >= 0.3 is 0 Å². The number of rotatable bonds is 4. The minimum atomic E-state index is 0.344. The highest BCUT2D eigenvalue weighted by Gasteiger charge is 2.33. The van der Waals surface area contributed by atoms with Gasteiger partial charge < -0.3 is 10.4 Å². The molecule has 0 saturated heterocycles. The zero-order valence-corrected chi connectivity index (χ0v) is 12.4. The van der Waals surface area contributed by atoms with E-state index in [-0.39, 0.29) is 0 Å². The molecule has 1 saturated carbocycles. The molecule has 1 aliphatic rings. The summed E-state index contributed by atoms with van der Waals surface area (Å²) in [6, 6.07) is 8.62. The Labute approximate surface area is 117 Å². The smallest absolute Gasteiger partial charge is 0.115 e. The van der Waals surface area contributed by atoms with Crippen molar-refractivity contribution in [3.05, 3.63) is 29.8 Å². The van der Waals surface area contributed by atoms with Crippen LogP contribution >= 0.6 is 0 Å². The molecule has 1 aromatic carbocycles. The van der Waals surface area contributed by atoms with Crippen molar-refractivity contribution in [3.63, 3.8) is 0 Å². The van der Waals surface area contributed by atoms with E-state index in [1.54, 1.807) is 12.1 Å². The van der Waals surface area contributed by atoms with Gasteiger partial charge in [-0.05, 0) is 42.4 Å². The van der Waals surface area contributed by atoms with Crippen molar-refractivity contribution >= 4 is 0 Å². The fraction of sp³-hybridized carbons (Fsp3) is 0.647. The minimum Gasteiger partial charge on any atom is -0.508 e. The van der Waals surface area contributed by atoms with Crippen LogP contribution in [0.3, 0.4) is 0 Å². The van der Waals surface area contributed by atoms with Crippen LogP contribution in [0.15, 0.2) is 24.3 Å². The van der Waals surface area contributed by atoms with Crippen molar-refractivity contribution in [2.45, 2.75) is 65.0 Å². The quantitative estimate of drug-likeness (QED) is 0.842. The fourth-order valence-corrected chi connectivity index (χ4v) is 3.20. The summed E-state index contributed by atoms with van der Waals surface area (Å²) in [6.45, 7) is 6.99. The Balaban J connectivity index is 2.08. The van der Waals surface area contributed by atoms with Gasteiger partial charge in [0, 0.05) is 12.1 Å². The van der Waals surface area contributed by atoms with E-state index in [0.29, 0.717) is 23.2 Å². The Morgan fingerprint density at radius 1 is 1.26 bits per heavy atom. The monoisotopic (exact) mass is 261 g/mol. The molecule has 0 bridgehead atoms. The average molecular weight is 261 g/mol.